The molecule has 16 heavy (non-hydrogen) atoms. The van der Waals surface area contributed by atoms with Gasteiger partial charge in [-0.3, -0.25) is 0 Å². The van der Waals surface area contributed by atoms with Crippen molar-refractivity contribution in [2.24, 2.45) is 5.73 Å². The van der Waals surface area contributed by atoms with E-state index in [1.54, 1.807) is 0 Å². The Balaban J connectivity index is 2.09. The van der Waals surface area contributed by atoms with Gasteiger partial charge in [0, 0.05) is 6.42 Å². The molecule has 0 spiro atoms. The van der Waals surface area contributed by atoms with E-state index in [-0.39, 0.29) is 6.04 Å². The fraction of sp³-hybridized carbons (Fsp3) is 0.333. The Morgan fingerprint density at radius 1 is 1.31 bits per heavy atom. The van der Waals surface area contributed by atoms with Gasteiger partial charge in [0.2, 0.25) is 5.89 Å². The molecule has 0 aliphatic heterocycles. The van der Waals surface area contributed by atoms with E-state index in [0.717, 1.165) is 6.42 Å². The SMILES string of the molecule is CCC(N)c1nc(Cc2ccccc2)no1. The smallest absolute Gasteiger partial charge is 0.243 e. The zero-order valence-electron chi connectivity index (χ0n) is 9.26. The Kier molecular flexibility index (Phi) is 3.31. The number of rotatable bonds is 4. The first-order chi connectivity index (χ1) is 7.79. The second-order valence-electron chi connectivity index (χ2n) is 3.73. The van der Waals surface area contributed by atoms with Gasteiger partial charge in [-0.25, -0.2) is 0 Å². The summed E-state index contributed by atoms with van der Waals surface area (Å²) in [5.74, 6) is 1.21. The Morgan fingerprint density at radius 3 is 2.75 bits per heavy atom. The molecular weight excluding hydrogens is 202 g/mol. The molecule has 0 amide bonds. The Bertz CT molecular complexity index is 439. The van der Waals surface area contributed by atoms with Crippen molar-refractivity contribution in [2.75, 3.05) is 0 Å². The van der Waals surface area contributed by atoms with Crippen LogP contribution in [0.2, 0.25) is 0 Å². The van der Waals surface area contributed by atoms with Crippen molar-refractivity contribution >= 4 is 0 Å². The minimum absolute atomic E-state index is 0.156. The average molecular weight is 217 g/mol. The van der Waals surface area contributed by atoms with E-state index in [1.807, 2.05) is 37.3 Å². The van der Waals surface area contributed by atoms with Gasteiger partial charge in [0.05, 0.1) is 6.04 Å². The molecule has 1 unspecified atom stereocenters. The van der Waals surface area contributed by atoms with Crippen LogP contribution < -0.4 is 5.73 Å². The van der Waals surface area contributed by atoms with Gasteiger partial charge in [-0.2, -0.15) is 4.98 Å². The van der Waals surface area contributed by atoms with Crippen LogP contribution in [0.3, 0.4) is 0 Å². The fourth-order valence-electron chi connectivity index (χ4n) is 1.44. The number of aromatic nitrogens is 2. The molecule has 0 fully saturated rings. The van der Waals surface area contributed by atoms with E-state index in [1.165, 1.54) is 5.56 Å². The second-order valence-corrected chi connectivity index (χ2v) is 3.73. The lowest BCUT2D eigenvalue weighted by Gasteiger charge is -1.99. The zero-order valence-corrected chi connectivity index (χ0v) is 9.26. The number of benzene rings is 1. The second kappa shape index (κ2) is 4.90. The molecule has 2 aromatic rings. The van der Waals surface area contributed by atoms with E-state index in [4.69, 9.17) is 10.3 Å². The first-order valence-electron chi connectivity index (χ1n) is 5.41. The van der Waals surface area contributed by atoms with Crippen molar-refractivity contribution in [3.8, 4) is 0 Å². The first-order valence-corrected chi connectivity index (χ1v) is 5.41. The van der Waals surface area contributed by atoms with Crippen LogP contribution in [0.1, 0.15) is 36.7 Å². The standard InChI is InChI=1S/C12H15N3O/c1-2-10(13)12-14-11(15-16-12)8-9-6-4-3-5-7-9/h3-7,10H,2,8,13H2,1H3. The maximum Gasteiger partial charge on any atom is 0.243 e. The third-order valence-corrected chi connectivity index (χ3v) is 2.45. The molecule has 0 aliphatic carbocycles. The molecule has 0 saturated heterocycles. The van der Waals surface area contributed by atoms with Crippen molar-refractivity contribution in [3.05, 3.63) is 47.6 Å². The summed E-state index contributed by atoms with van der Waals surface area (Å²) in [6.07, 6.45) is 1.48. The minimum Gasteiger partial charge on any atom is -0.338 e. The van der Waals surface area contributed by atoms with Crippen molar-refractivity contribution < 1.29 is 4.52 Å². The molecule has 0 radical (unpaired) electrons. The third-order valence-electron chi connectivity index (χ3n) is 2.45. The zero-order chi connectivity index (χ0) is 11.4. The summed E-state index contributed by atoms with van der Waals surface area (Å²) in [4.78, 5) is 4.27. The quantitative estimate of drug-likeness (QED) is 0.851. The summed E-state index contributed by atoms with van der Waals surface area (Å²) in [6, 6.07) is 9.89. The summed E-state index contributed by atoms with van der Waals surface area (Å²) in [5, 5.41) is 3.91. The van der Waals surface area contributed by atoms with Crippen molar-refractivity contribution in [3.63, 3.8) is 0 Å². The van der Waals surface area contributed by atoms with Gasteiger partial charge in [-0.1, -0.05) is 42.4 Å². The van der Waals surface area contributed by atoms with Gasteiger partial charge in [-0.05, 0) is 12.0 Å². The Hall–Kier alpha value is -1.68. The molecule has 0 saturated carbocycles. The molecule has 2 rings (SSSR count). The lowest BCUT2D eigenvalue weighted by Crippen LogP contribution is -2.08. The van der Waals surface area contributed by atoms with Crippen LogP contribution in [0.4, 0.5) is 0 Å². The van der Waals surface area contributed by atoms with Crippen LogP contribution >= 0.6 is 0 Å². The normalized spacial score (nSPS) is 12.6. The molecule has 2 N–H and O–H groups in total. The largest absolute Gasteiger partial charge is 0.338 e. The lowest BCUT2D eigenvalue weighted by atomic mass is 10.1. The number of nitrogens with zero attached hydrogens (tertiary/aromatic N) is 2. The molecule has 1 aromatic carbocycles. The fourth-order valence-corrected chi connectivity index (χ4v) is 1.44. The average Bonchev–Trinajstić information content (AvgIpc) is 2.78. The monoisotopic (exact) mass is 217 g/mol. The van der Waals surface area contributed by atoms with E-state index in [0.29, 0.717) is 18.1 Å². The molecule has 1 aromatic heterocycles. The van der Waals surface area contributed by atoms with Crippen molar-refractivity contribution in [2.45, 2.75) is 25.8 Å². The van der Waals surface area contributed by atoms with E-state index in [9.17, 15) is 0 Å². The molecule has 0 bridgehead atoms. The van der Waals surface area contributed by atoms with Gasteiger partial charge in [0.25, 0.3) is 0 Å². The molecule has 4 nitrogen and oxygen atoms in total. The molecule has 1 atom stereocenters. The van der Waals surface area contributed by atoms with Crippen LogP contribution in [0.15, 0.2) is 34.9 Å². The van der Waals surface area contributed by atoms with Crippen LogP contribution in [-0.4, -0.2) is 10.1 Å². The van der Waals surface area contributed by atoms with Gasteiger partial charge in [0.15, 0.2) is 5.82 Å². The molecule has 0 aliphatic rings. The topological polar surface area (TPSA) is 64.9 Å². The Morgan fingerprint density at radius 2 is 2.06 bits per heavy atom. The summed E-state index contributed by atoms with van der Waals surface area (Å²) < 4.78 is 5.10. The molecule has 1 heterocycles. The molecule has 4 heteroatoms. The van der Waals surface area contributed by atoms with E-state index >= 15 is 0 Å². The van der Waals surface area contributed by atoms with Crippen molar-refractivity contribution in [1.82, 2.24) is 10.1 Å². The van der Waals surface area contributed by atoms with Crippen LogP contribution in [0.5, 0.6) is 0 Å². The minimum atomic E-state index is -0.156. The number of hydrogen-bond donors (Lipinski definition) is 1. The van der Waals surface area contributed by atoms with E-state index in [2.05, 4.69) is 10.1 Å². The van der Waals surface area contributed by atoms with Gasteiger partial charge in [0.1, 0.15) is 0 Å². The van der Waals surface area contributed by atoms with Crippen LogP contribution in [0.25, 0.3) is 0 Å². The van der Waals surface area contributed by atoms with Gasteiger partial charge >= 0.3 is 0 Å². The molecular formula is C12H15N3O. The summed E-state index contributed by atoms with van der Waals surface area (Å²) >= 11 is 0. The highest BCUT2D eigenvalue weighted by molar-refractivity contribution is 5.18. The number of hydrogen-bond acceptors (Lipinski definition) is 4. The van der Waals surface area contributed by atoms with E-state index < -0.39 is 0 Å². The van der Waals surface area contributed by atoms with Crippen LogP contribution in [0, 0.1) is 0 Å². The van der Waals surface area contributed by atoms with Gasteiger partial charge < -0.3 is 10.3 Å². The predicted molar refractivity (Wildman–Crippen MR) is 60.8 cm³/mol. The first kappa shape index (κ1) is 10.8. The lowest BCUT2D eigenvalue weighted by molar-refractivity contribution is 0.348. The maximum atomic E-state index is 5.80. The predicted octanol–water partition coefficient (Wildman–Crippen LogP) is 2.07. The Labute approximate surface area is 94.5 Å². The summed E-state index contributed by atoms with van der Waals surface area (Å²) in [7, 11) is 0. The highest BCUT2D eigenvalue weighted by Crippen LogP contribution is 2.12. The van der Waals surface area contributed by atoms with Gasteiger partial charge in [-0.15, -0.1) is 0 Å². The third kappa shape index (κ3) is 2.46. The molecule has 84 valence electrons. The highest BCUT2D eigenvalue weighted by atomic mass is 16.5. The van der Waals surface area contributed by atoms with Crippen molar-refractivity contribution in [1.29, 1.82) is 0 Å². The summed E-state index contributed by atoms with van der Waals surface area (Å²) in [5.41, 5.74) is 6.97. The van der Waals surface area contributed by atoms with Crippen LogP contribution in [-0.2, 0) is 6.42 Å². The summed E-state index contributed by atoms with van der Waals surface area (Å²) in [6.45, 7) is 1.99. The highest BCUT2D eigenvalue weighted by Gasteiger charge is 2.12. The maximum absolute atomic E-state index is 5.80. The number of nitrogens with two attached hydrogens (primary N) is 1.